The molecule has 0 bridgehead atoms. The second-order valence-electron chi connectivity index (χ2n) is 4.10. The maximum absolute atomic E-state index is 13.7. The van der Waals surface area contributed by atoms with E-state index in [1.54, 1.807) is 32.9 Å². The summed E-state index contributed by atoms with van der Waals surface area (Å²) < 4.78 is 27.3. The van der Waals surface area contributed by atoms with Crippen LogP contribution in [0.1, 0.15) is 30.5 Å². The highest BCUT2D eigenvalue weighted by Crippen LogP contribution is 2.37. The second-order valence-corrected chi connectivity index (χ2v) is 4.10. The highest BCUT2D eigenvalue weighted by molar-refractivity contribution is 5.33. The van der Waals surface area contributed by atoms with Crippen LogP contribution in [0.2, 0.25) is 0 Å². The summed E-state index contributed by atoms with van der Waals surface area (Å²) in [5.41, 5.74) is 1.84. The molecule has 0 aliphatic carbocycles. The van der Waals surface area contributed by atoms with Gasteiger partial charge in [-0.2, -0.15) is 0 Å². The van der Waals surface area contributed by atoms with E-state index in [2.05, 4.69) is 0 Å². The Morgan fingerprint density at radius 2 is 1.71 bits per heavy atom. The molecule has 0 amide bonds. The maximum atomic E-state index is 13.7. The van der Waals surface area contributed by atoms with Gasteiger partial charge in [-0.1, -0.05) is 37.6 Å². The molecule has 0 aromatic heterocycles. The molecule has 0 N–H and O–H groups in total. The van der Waals surface area contributed by atoms with E-state index in [4.69, 9.17) is 0 Å². The van der Waals surface area contributed by atoms with Crippen molar-refractivity contribution in [1.82, 2.24) is 0 Å². The van der Waals surface area contributed by atoms with Gasteiger partial charge in [0, 0.05) is 11.5 Å². The number of alkyl halides is 2. The molecule has 78 valence electrons. The standard InChI is InChI=1S/C12H16F2/c1-8(2)12(13,14)11-6-5-9(3)7-10(11)4/h5-8H,1-4H3. The van der Waals surface area contributed by atoms with Crippen LogP contribution in [0.25, 0.3) is 0 Å². The predicted molar refractivity (Wildman–Crippen MR) is 54.6 cm³/mol. The fourth-order valence-electron chi connectivity index (χ4n) is 1.50. The van der Waals surface area contributed by atoms with Crippen LogP contribution in [0.4, 0.5) is 8.78 Å². The Balaban J connectivity index is 3.19. The molecule has 0 saturated heterocycles. The van der Waals surface area contributed by atoms with Gasteiger partial charge in [-0.05, 0) is 19.4 Å². The number of hydrogen-bond acceptors (Lipinski definition) is 0. The van der Waals surface area contributed by atoms with Gasteiger partial charge in [0.1, 0.15) is 0 Å². The summed E-state index contributed by atoms with van der Waals surface area (Å²) in [5, 5.41) is 0. The van der Waals surface area contributed by atoms with Crippen molar-refractivity contribution in [3.8, 4) is 0 Å². The van der Waals surface area contributed by atoms with Crippen LogP contribution in [0, 0.1) is 19.8 Å². The van der Waals surface area contributed by atoms with Crippen molar-refractivity contribution in [2.24, 2.45) is 5.92 Å². The largest absolute Gasteiger partial charge is 0.275 e. The first kappa shape index (κ1) is 11.2. The fraction of sp³-hybridized carbons (Fsp3) is 0.500. The summed E-state index contributed by atoms with van der Waals surface area (Å²) in [6.45, 7) is 6.72. The highest BCUT2D eigenvalue weighted by Gasteiger charge is 2.36. The molecule has 1 rings (SSSR count). The average Bonchev–Trinajstić information content (AvgIpc) is 2.02. The number of rotatable bonds is 2. The van der Waals surface area contributed by atoms with E-state index >= 15 is 0 Å². The molecule has 0 nitrogen and oxygen atoms in total. The van der Waals surface area contributed by atoms with Crippen molar-refractivity contribution in [1.29, 1.82) is 0 Å². The van der Waals surface area contributed by atoms with Gasteiger partial charge in [0.15, 0.2) is 0 Å². The molecule has 0 spiro atoms. The minimum atomic E-state index is -2.72. The Kier molecular flexibility index (Phi) is 2.93. The van der Waals surface area contributed by atoms with E-state index in [1.807, 2.05) is 6.92 Å². The molecule has 0 atom stereocenters. The quantitative estimate of drug-likeness (QED) is 0.672. The average molecular weight is 198 g/mol. The number of halogens is 2. The summed E-state index contributed by atoms with van der Waals surface area (Å²) in [7, 11) is 0. The number of benzene rings is 1. The minimum absolute atomic E-state index is 0.151. The van der Waals surface area contributed by atoms with Gasteiger partial charge in [-0.25, -0.2) is 8.78 Å². The van der Waals surface area contributed by atoms with Crippen LogP contribution in [0.3, 0.4) is 0 Å². The molecule has 0 unspecified atom stereocenters. The van der Waals surface area contributed by atoms with Gasteiger partial charge >= 0.3 is 0 Å². The zero-order valence-electron chi connectivity index (χ0n) is 9.07. The summed E-state index contributed by atoms with van der Waals surface area (Å²) in [6, 6.07) is 5.06. The van der Waals surface area contributed by atoms with Gasteiger partial charge in [0.2, 0.25) is 0 Å². The van der Waals surface area contributed by atoms with Crippen LogP contribution in [0.15, 0.2) is 18.2 Å². The van der Waals surface area contributed by atoms with E-state index in [9.17, 15) is 8.78 Å². The van der Waals surface area contributed by atoms with Crippen LogP contribution < -0.4 is 0 Å². The molecular formula is C12H16F2. The lowest BCUT2D eigenvalue weighted by atomic mass is 9.93. The highest BCUT2D eigenvalue weighted by atomic mass is 19.3. The summed E-state index contributed by atoms with van der Waals surface area (Å²) in [4.78, 5) is 0. The molecule has 1 aromatic carbocycles. The van der Waals surface area contributed by atoms with Crippen LogP contribution in [-0.2, 0) is 5.92 Å². The minimum Gasteiger partial charge on any atom is -0.201 e. The SMILES string of the molecule is Cc1ccc(C(F)(F)C(C)C)c(C)c1. The molecule has 0 saturated carbocycles. The van der Waals surface area contributed by atoms with Gasteiger partial charge in [-0.15, -0.1) is 0 Å². The predicted octanol–water partition coefficient (Wildman–Crippen LogP) is 4.05. The normalized spacial score (nSPS) is 12.2. The Labute approximate surface area is 84.0 Å². The zero-order chi connectivity index (χ0) is 10.9. The maximum Gasteiger partial charge on any atom is 0.275 e. The summed E-state index contributed by atoms with van der Waals surface area (Å²) >= 11 is 0. The molecular weight excluding hydrogens is 182 g/mol. The summed E-state index contributed by atoms with van der Waals surface area (Å²) in [5.74, 6) is -3.39. The van der Waals surface area contributed by atoms with Crippen molar-refractivity contribution in [3.63, 3.8) is 0 Å². The van der Waals surface area contributed by atoms with Crippen molar-refractivity contribution in [2.75, 3.05) is 0 Å². The lowest BCUT2D eigenvalue weighted by Gasteiger charge is -2.22. The third-order valence-corrected chi connectivity index (χ3v) is 2.47. The Hall–Kier alpha value is -0.920. The van der Waals surface area contributed by atoms with Crippen molar-refractivity contribution < 1.29 is 8.78 Å². The molecule has 1 aromatic rings. The fourth-order valence-corrected chi connectivity index (χ4v) is 1.50. The van der Waals surface area contributed by atoms with E-state index < -0.39 is 11.8 Å². The van der Waals surface area contributed by atoms with Crippen LogP contribution in [-0.4, -0.2) is 0 Å². The molecule has 0 radical (unpaired) electrons. The first-order valence-corrected chi connectivity index (χ1v) is 4.81. The van der Waals surface area contributed by atoms with E-state index in [0.29, 0.717) is 5.56 Å². The van der Waals surface area contributed by atoms with Crippen LogP contribution >= 0.6 is 0 Å². The topological polar surface area (TPSA) is 0 Å². The zero-order valence-corrected chi connectivity index (χ0v) is 9.07. The smallest absolute Gasteiger partial charge is 0.201 e. The van der Waals surface area contributed by atoms with Gasteiger partial charge in [-0.3, -0.25) is 0 Å². The lowest BCUT2D eigenvalue weighted by Crippen LogP contribution is -2.22. The van der Waals surface area contributed by atoms with E-state index in [1.165, 1.54) is 6.07 Å². The molecule has 0 heterocycles. The Morgan fingerprint density at radius 1 is 1.14 bits per heavy atom. The molecule has 14 heavy (non-hydrogen) atoms. The third-order valence-electron chi connectivity index (χ3n) is 2.47. The monoisotopic (exact) mass is 198 g/mol. The van der Waals surface area contributed by atoms with E-state index in [-0.39, 0.29) is 5.56 Å². The van der Waals surface area contributed by atoms with Crippen LogP contribution in [0.5, 0.6) is 0 Å². The first-order chi connectivity index (χ1) is 6.35. The van der Waals surface area contributed by atoms with Crippen molar-refractivity contribution in [2.45, 2.75) is 33.6 Å². The molecule has 0 aliphatic heterocycles. The summed E-state index contributed by atoms with van der Waals surface area (Å²) in [6.07, 6.45) is 0. The van der Waals surface area contributed by atoms with Gasteiger partial charge in [0.05, 0.1) is 0 Å². The molecule has 2 heteroatoms. The van der Waals surface area contributed by atoms with Gasteiger partial charge in [0.25, 0.3) is 5.92 Å². The lowest BCUT2D eigenvalue weighted by molar-refractivity contribution is -0.0519. The molecule has 0 aliphatic rings. The van der Waals surface area contributed by atoms with Crippen molar-refractivity contribution >= 4 is 0 Å². The van der Waals surface area contributed by atoms with Crippen molar-refractivity contribution in [3.05, 3.63) is 34.9 Å². The number of hydrogen-bond donors (Lipinski definition) is 0. The van der Waals surface area contributed by atoms with Gasteiger partial charge < -0.3 is 0 Å². The first-order valence-electron chi connectivity index (χ1n) is 4.81. The molecule has 0 fully saturated rings. The number of aryl methyl sites for hydroxylation is 2. The Morgan fingerprint density at radius 3 is 2.14 bits per heavy atom. The Bertz CT molecular complexity index is 327. The second kappa shape index (κ2) is 3.68. The van der Waals surface area contributed by atoms with E-state index in [0.717, 1.165) is 5.56 Å². The third kappa shape index (κ3) is 1.94.